The number of benzene rings is 3. The van der Waals surface area contributed by atoms with Crippen molar-refractivity contribution in [2.75, 3.05) is 13.2 Å². The Hall–Kier alpha value is -3.80. The Morgan fingerprint density at radius 3 is 1.76 bits per heavy atom. The van der Waals surface area contributed by atoms with Crippen LogP contribution in [0.5, 0.6) is 5.75 Å². The van der Waals surface area contributed by atoms with Crippen molar-refractivity contribution in [1.29, 1.82) is 0 Å². The van der Waals surface area contributed by atoms with Gasteiger partial charge < -0.3 is 9.47 Å². The Kier molecular flexibility index (Phi) is 7.95. The van der Waals surface area contributed by atoms with Crippen LogP contribution < -0.4 is 4.74 Å². The summed E-state index contributed by atoms with van der Waals surface area (Å²) in [5, 5.41) is 0. The van der Waals surface area contributed by atoms with E-state index in [1.165, 1.54) is 24.3 Å². The van der Waals surface area contributed by atoms with Crippen molar-refractivity contribution in [3.63, 3.8) is 0 Å². The molecule has 0 radical (unpaired) electrons. The largest absolute Gasteiger partial charge is 0.491 e. The van der Waals surface area contributed by atoms with Crippen molar-refractivity contribution in [2.24, 2.45) is 0 Å². The Morgan fingerprint density at radius 2 is 1.26 bits per heavy atom. The molecule has 34 heavy (non-hydrogen) atoms. The summed E-state index contributed by atoms with van der Waals surface area (Å²) in [7, 11) is 0. The van der Waals surface area contributed by atoms with Crippen LogP contribution in [-0.4, -0.2) is 13.2 Å². The van der Waals surface area contributed by atoms with Gasteiger partial charge in [-0.05, 0) is 37.1 Å². The highest BCUT2D eigenvalue weighted by Gasteiger charge is 2.17. The quantitative estimate of drug-likeness (QED) is 0.179. The van der Waals surface area contributed by atoms with Crippen LogP contribution in [0.4, 0.5) is 17.6 Å². The van der Waals surface area contributed by atoms with Gasteiger partial charge in [0.25, 0.3) is 0 Å². The molecule has 0 aromatic heterocycles. The second kappa shape index (κ2) is 10.9. The van der Waals surface area contributed by atoms with E-state index in [1.54, 1.807) is 31.2 Å². The van der Waals surface area contributed by atoms with E-state index in [4.69, 9.17) is 9.47 Å². The molecular weight excluding hydrogens is 444 g/mol. The van der Waals surface area contributed by atoms with Crippen LogP contribution in [0.1, 0.15) is 12.5 Å². The summed E-state index contributed by atoms with van der Waals surface area (Å²) in [5.74, 6) is -4.45. The lowest BCUT2D eigenvalue weighted by Gasteiger charge is -2.11. The Morgan fingerprint density at radius 1 is 0.765 bits per heavy atom. The van der Waals surface area contributed by atoms with Crippen molar-refractivity contribution in [3.8, 4) is 28.0 Å². The molecule has 0 aliphatic rings. The minimum absolute atomic E-state index is 0.0924. The van der Waals surface area contributed by atoms with E-state index in [0.29, 0.717) is 16.9 Å². The molecule has 0 fully saturated rings. The number of aryl methyl sites for hydroxylation is 1. The highest BCUT2D eigenvalue weighted by molar-refractivity contribution is 5.72. The van der Waals surface area contributed by atoms with Gasteiger partial charge in [0.2, 0.25) is 0 Å². The zero-order valence-electron chi connectivity index (χ0n) is 18.9. The highest BCUT2D eigenvalue weighted by atomic mass is 19.2. The molecular formula is C28H24F4O2. The average Bonchev–Trinajstić information content (AvgIpc) is 2.84. The van der Waals surface area contributed by atoms with Gasteiger partial charge in [0.1, 0.15) is 12.4 Å². The van der Waals surface area contributed by atoms with E-state index in [0.717, 1.165) is 5.56 Å². The first-order valence-electron chi connectivity index (χ1n) is 10.6. The monoisotopic (exact) mass is 468 g/mol. The summed E-state index contributed by atoms with van der Waals surface area (Å²) in [6.07, 6.45) is 0. The second-order valence-corrected chi connectivity index (χ2v) is 7.56. The molecule has 0 N–H and O–H groups in total. The summed E-state index contributed by atoms with van der Waals surface area (Å²) in [6, 6.07) is 16.3. The lowest BCUT2D eigenvalue weighted by atomic mass is 9.98. The maximum Gasteiger partial charge on any atom is 0.200 e. The normalized spacial score (nSPS) is 11.6. The molecule has 0 atom stereocenters. The van der Waals surface area contributed by atoms with Gasteiger partial charge in [-0.25, -0.2) is 13.2 Å². The van der Waals surface area contributed by atoms with Crippen LogP contribution in [0.2, 0.25) is 0 Å². The second-order valence-electron chi connectivity index (χ2n) is 7.56. The minimum atomic E-state index is -1.24. The number of halogens is 4. The molecule has 6 heteroatoms. The van der Waals surface area contributed by atoms with Crippen LogP contribution in [0, 0.1) is 18.6 Å². The van der Waals surface area contributed by atoms with Gasteiger partial charge >= 0.3 is 0 Å². The molecule has 0 aliphatic heterocycles. The zero-order chi connectivity index (χ0) is 24.8. The van der Waals surface area contributed by atoms with Gasteiger partial charge in [0.15, 0.2) is 29.0 Å². The molecule has 0 saturated carbocycles. The van der Waals surface area contributed by atoms with E-state index >= 15 is 0 Å². The molecule has 3 aromatic carbocycles. The first-order valence-corrected chi connectivity index (χ1v) is 10.6. The summed E-state index contributed by atoms with van der Waals surface area (Å²) in [5.41, 5.74) is 2.07. The topological polar surface area (TPSA) is 18.5 Å². The first-order chi connectivity index (χ1) is 16.2. The fourth-order valence-electron chi connectivity index (χ4n) is 3.21. The van der Waals surface area contributed by atoms with Gasteiger partial charge in [0, 0.05) is 16.7 Å². The fraction of sp³-hybridized carbons (Fsp3) is 0.143. The molecule has 0 bridgehead atoms. The standard InChI is InChI=1S/C28H24F4O2/c1-5-33-19(4)26(30)25(29)18(3)16-34-22-12-10-21(11-13-22)24-15-14-23(27(31)28(24)32)20-8-6-17(2)7-9-20/h6-15H,3-5,16H2,1-2H3/b26-25-. The third kappa shape index (κ3) is 5.57. The van der Waals surface area contributed by atoms with Crippen LogP contribution >= 0.6 is 0 Å². The van der Waals surface area contributed by atoms with Crippen molar-refractivity contribution >= 4 is 0 Å². The maximum absolute atomic E-state index is 14.8. The van der Waals surface area contributed by atoms with Crippen LogP contribution in [0.3, 0.4) is 0 Å². The van der Waals surface area contributed by atoms with Gasteiger partial charge in [0.05, 0.1) is 6.61 Å². The van der Waals surface area contributed by atoms with Gasteiger partial charge in [-0.15, -0.1) is 0 Å². The molecule has 0 aliphatic carbocycles. The molecule has 0 amide bonds. The molecule has 0 spiro atoms. The van der Waals surface area contributed by atoms with Crippen molar-refractivity contribution in [3.05, 3.63) is 114 Å². The molecule has 0 saturated heterocycles. The Bertz CT molecular complexity index is 1230. The number of ether oxygens (including phenoxy) is 2. The van der Waals surface area contributed by atoms with Gasteiger partial charge in [-0.1, -0.05) is 67.3 Å². The molecule has 0 unspecified atom stereocenters. The average molecular weight is 468 g/mol. The third-order valence-electron chi connectivity index (χ3n) is 5.09. The molecule has 3 aromatic rings. The number of hydrogen-bond donors (Lipinski definition) is 0. The van der Waals surface area contributed by atoms with Gasteiger partial charge in [-0.2, -0.15) is 4.39 Å². The summed E-state index contributed by atoms with van der Waals surface area (Å²) >= 11 is 0. The van der Waals surface area contributed by atoms with E-state index in [-0.39, 0.29) is 29.9 Å². The number of rotatable bonds is 9. The third-order valence-corrected chi connectivity index (χ3v) is 5.09. The zero-order valence-corrected chi connectivity index (χ0v) is 18.9. The predicted octanol–water partition coefficient (Wildman–Crippen LogP) is 8.24. The lowest BCUT2D eigenvalue weighted by Crippen LogP contribution is -2.03. The Labute approximate surface area is 196 Å². The molecule has 0 heterocycles. The fourth-order valence-corrected chi connectivity index (χ4v) is 3.21. The molecule has 176 valence electrons. The van der Waals surface area contributed by atoms with Crippen LogP contribution in [0.25, 0.3) is 22.3 Å². The number of hydrogen-bond acceptors (Lipinski definition) is 2. The summed E-state index contributed by atoms with van der Waals surface area (Å²) in [4.78, 5) is 0. The van der Waals surface area contributed by atoms with E-state index in [9.17, 15) is 17.6 Å². The van der Waals surface area contributed by atoms with E-state index in [1.807, 2.05) is 19.1 Å². The van der Waals surface area contributed by atoms with Crippen molar-refractivity contribution < 1.29 is 27.0 Å². The number of allylic oxidation sites excluding steroid dienone is 1. The predicted molar refractivity (Wildman–Crippen MR) is 127 cm³/mol. The smallest absolute Gasteiger partial charge is 0.200 e. The van der Waals surface area contributed by atoms with Gasteiger partial charge in [-0.3, -0.25) is 0 Å². The van der Waals surface area contributed by atoms with E-state index in [2.05, 4.69) is 13.2 Å². The lowest BCUT2D eigenvalue weighted by molar-refractivity contribution is 0.223. The Balaban J connectivity index is 1.73. The molecule has 3 rings (SSSR count). The van der Waals surface area contributed by atoms with Crippen LogP contribution in [0.15, 0.2) is 96.8 Å². The van der Waals surface area contributed by atoms with Crippen LogP contribution in [-0.2, 0) is 4.74 Å². The highest BCUT2D eigenvalue weighted by Crippen LogP contribution is 2.32. The summed E-state index contributed by atoms with van der Waals surface area (Å²) < 4.78 is 67.9. The van der Waals surface area contributed by atoms with E-state index < -0.39 is 29.0 Å². The summed E-state index contributed by atoms with van der Waals surface area (Å²) in [6.45, 7) is 10.1. The minimum Gasteiger partial charge on any atom is -0.491 e. The van der Waals surface area contributed by atoms with Crippen molar-refractivity contribution in [1.82, 2.24) is 0 Å². The van der Waals surface area contributed by atoms with Crippen molar-refractivity contribution in [2.45, 2.75) is 13.8 Å². The molecule has 2 nitrogen and oxygen atoms in total. The SMILES string of the molecule is C=C(COc1ccc(-c2ccc(-c3ccc(C)cc3)c(F)c2F)cc1)/C(F)=C(/F)C(=C)OCC. The first kappa shape index (κ1) is 24.8. The maximum atomic E-state index is 14.8.